The minimum atomic E-state index is -0.130. The van der Waals surface area contributed by atoms with Crippen LogP contribution in [0.5, 0.6) is 0 Å². The zero-order chi connectivity index (χ0) is 7.84. The van der Waals surface area contributed by atoms with Gasteiger partial charge in [0.2, 0.25) is 0 Å². The molecule has 2 aliphatic rings. The van der Waals surface area contributed by atoms with Crippen molar-refractivity contribution < 1.29 is 0 Å². The fourth-order valence-electron chi connectivity index (χ4n) is 1.03. The SMILES string of the molecule is CC1=NC2C(=S)N=CN=C2N1. The summed E-state index contributed by atoms with van der Waals surface area (Å²) in [4.78, 5) is 12.7. The molecule has 0 aromatic carbocycles. The normalized spacial score (nSPS) is 27.4. The molecule has 11 heavy (non-hydrogen) atoms. The average molecular weight is 166 g/mol. The topological polar surface area (TPSA) is 49.1 Å². The van der Waals surface area contributed by atoms with E-state index in [0.717, 1.165) is 11.7 Å². The van der Waals surface area contributed by atoms with Crippen molar-refractivity contribution in [2.75, 3.05) is 0 Å². The maximum absolute atomic E-state index is 4.97. The highest BCUT2D eigenvalue weighted by molar-refractivity contribution is 7.80. The molecule has 0 saturated carbocycles. The molecule has 0 aromatic heterocycles. The molecule has 5 heteroatoms. The summed E-state index contributed by atoms with van der Waals surface area (Å²) in [5.74, 6) is 1.64. The van der Waals surface area contributed by atoms with Gasteiger partial charge in [-0.1, -0.05) is 12.2 Å². The number of thiocarbonyl (C=S) groups is 1. The van der Waals surface area contributed by atoms with Crippen LogP contribution in [0.1, 0.15) is 6.92 Å². The van der Waals surface area contributed by atoms with E-state index in [1.165, 1.54) is 6.34 Å². The van der Waals surface area contributed by atoms with E-state index in [4.69, 9.17) is 12.2 Å². The van der Waals surface area contributed by atoms with Gasteiger partial charge in [-0.05, 0) is 6.92 Å². The second-order valence-electron chi connectivity index (χ2n) is 2.34. The van der Waals surface area contributed by atoms with Gasteiger partial charge in [-0.25, -0.2) is 9.98 Å². The maximum atomic E-state index is 4.97. The van der Waals surface area contributed by atoms with Gasteiger partial charge in [0.05, 0.1) is 5.84 Å². The molecule has 2 rings (SSSR count). The smallest absolute Gasteiger partial charge is 0.162 e. The van der Waals surface area contributed by atoms with Crippen molar-refractivity contribution >= 4 is 35.2 Å². The first kappa shape index (κ1) is 6.60. The first-order valence-electron chi connectivity index (χ1n) is 3.23. The van der Waals surface area contributed by atoms with Crippen LogP contribution in [0.3, 0.4) is 0 Å². The van der Waals surface area contributed by atoms with E-state index < -0.39 is 0 Å². The van der Waals surface area contributed by atoms with Gasteiger partial charge in [-0.3, -0.25) is 4.99 Å². The van der Waals surface area contributed by atoms with Gasteiger partial charge in [0.1, 0.15) is 17.2 Å². The van der Waals surface area contributed by atoms with E-state index in [1.807, 2.05) is 6.92 Å². The average Bonchev–Trinajstić information content (AvgIpc) is 2.31. The molecule has 56 valence electrons. The summed E-state index contributed by atoms with van der Waals surface area (Å²) < 4.78 is 0. The molecule has 2 heterocycles. The highest BCUT2D eigenvalue weighted by atomic mass is 32.1. The predicted octanol–water partition coefficient (Wildman–Crippen LogP) is 0.144. The van der Waals surface area contributed by atoms with E-state index >= 15 is 0 Å². The largest absolute Gasteiger partial charge is 0.330 e. The Labute approximate surface area is 69.1 Å². The lowest BCUT2D eigenvalue weighted by Crippen LogP contribution is -2.33. The summed E-state index contributed by atoms with van der Waals surface area (Å²) in [6.45, 7) is 1.88. The molecule has 0 aliphatic carbocycles. The number of amidine groups is 2. The second-order valence-corrected chi connectivity index (χ2v) is 2.76. The van der Waals surface area contributed by atoms with Crippen molar-refractivity contribution in [1.82, 2.24) is 5.32 Å². The van der Waals surface area contributed by atoms with Gasteiger partial charge in [0.25, 0.3) is 0 Å². The molecular weight excluding hydrogens is 160 g/mol. The molecule has 0 spiro atoms. The van der Waals surface area contributed by atoms with E-state index in [0.29, 0.717) is 4.99 Å². The molecule has 2 aliphatic heterocycles. The molecule has 0 fully saturated rings. The Balaban J connectivity index is 2.38. The van der Waals surface area contributed by atoms with Gasteiger partial charge < -0.3 is 5.32 Å². The summed E-state index contributed by atoms with van der Waals surface area (Å²) >= 11 is 4.97. The summed E-state index contributed by atoms with van der Waals surface area (Å²) in [6.07, 6.45) is 1.45. The van der Waals surface area contributed by atoms with E-state index in [2.05, 4.69) is 20.3 Å². The van der Waals surface area contributed by atoms with Crippen molar-refractivity contribution in [3.05, 3.63) is 0 Å². The van der Waals surface area contributed by atoms with Crippen LogP contribution >= 0.6 is 12.2 Å². The lowest BCUT2D eigenvalue weighted by Gasteiger charge is -2.08. The fourth-order valence-corrected chi connectivity index (χ4v) is 1.25. The summed E-state index contributed by atoms with van der Waals surface area (Å²) in [5, 5.41) is 3.01. The fraction of sp³-hybridized carbons (Fsp3) is 0.333. The zero-order valence-electron chi connectivity index (χ0n) is 5.90. The first-order chi connectivity index (χ1) is 5.27. The zero-order valence-corrected chi connectivity index (χ0v) is 6.72. The lowest BCUT2D eigenvalue weighted by atomic mass is 10.3. The molecule has 0 amide bonds. The van der Waals surface area contributed by atoms with Crippen LogP contribution in [0, 0.1) is 0 Å². The first-order valence-corrected chi connectivity index (χ1v) is 3.64. The Kier molecular flexibility index (Phi) is 1.32. The molecule has 1 N–H and O–H groups in total. The predicted molar refractivity (Wildman–Crippen MR) is 48.6 cm³/mol. The van der Waals surface area contributed by atoms with Gasteiger partial charge in [0.15, 0.2) is 6.04 Å². The minimum Gasteiger partial charge on any atom is -0.330 e. The minimum absolute atomic E-state index is 0.130. The van der Waals surface area contributed by atoms with Crippen LogP contribution in [0.4, 0.5) is 0 Å². The van der Waals surface area contributed by atoms with Crippen molar-refractivity contribution in [3.63, 3.8) is 0 Å². The molecule has 1 unspecified atom stereocenters. The van der Waals surface area contributed by atoms with Crippen molar-refractivity contribution in [2.24, 2.45) is 15.0 Å². The molecule has 4 nitrogen and oxygen atoms in total. The third kappa shape index (κ3) is 0.970. The molecule has 0 radical (unpaired) electrons. The van der Waals surface area contributed by atoms with Gasteiger partial charge >= 0.3 is 0 Å². The van der Waals surface area contributed by atoms with Crippen LogP contribution in [-0.4, -0.2) is 29.0 Å². The van der Waals surface area contributed by atoms with Crippen LogP contribution in [-0.2, 0) is 0 Å². The standard InChI is InChI=1S/C6H6N4S/c1-3-9-4-5(10-3)7-2-8-6(4)11/h2,4H,1H3,(H,7,8,9,10,11). The number of hydrogen-bond acceptors (Lipinski definition) is 4. The number of rotatable bonds is 0. The Morgan fingerprint density at radius 1 is 1.64 bits per heavy atom. The molecule has 0 bridgehead atoms. The molecule has 0 saturated heterocycles. The molecule has 1 atom stereocenters. The van der Waals surface area contributed by atoms with E-state index in [1.54, 1.807) is 0 Å². The van der Waals surface area contributed by atoms with E-state index in [9.17, 15) is 0 Å². The van der Waals surface area contributed by atoms with Crippen LogP contribution < -0.4 is 5.32 Å². The van der Waals surface area contributed by atoms with Crippen LogP contribution in [0.2, 0.25) is 0 Å². The highest BCUT2D eigenvalue weighted by Gasteiger charge is 2.27. The number of nitrogens with one attached hydrogen (secondary N) is 1. The Bertz CT molecular complexity index is 302. The molecular formula is C6H6N4S. The Morgan fingerprint density at radius 2 is 2.45 bits per heavy atom. The Morgan fingerprint density at radius 3 is 3.18 bits per heavy atom. The van der Waals surface area contributed by atoms with Crippen molar-refractivity contribution in [1.29, 1.82) is 0 Å². The molecule has 0 aromatic rings. The van der Waals surface area contributed by atoms with Crippen LogP contribution in [0.25, 0.3) is 0 Å². The third-order valence-electron chi connectivity index (χ3n) is 1.51. The summed E-state index contributed by atoms with van der Waals surface area (Å²) in [6, 6.07) is -0.130. The van der Waals surface area contributed by atoms with Crippen LogP contribution in [0.15, 0.2) is 15.0 Å². The highest BCUT2D eigenvalue weighted by Crippen LogP contribution is 2.08. The third-order valence-corrected chi connectivity index (χ3v) is 1.84. The number of fused-ring (bicyclic) bond motifs is 1. The van der Waals surface area contributed by atoms with E-state index in [-0.39, 0.29) is 6.04 Å². The number of aliphatic imine (C=N–C) groups is 3. The lowest BCUT2D eigenvalue weighted by molar-refractivity contribution is 1.14. The van der Waals surface area contributed by atoms with Gasteiger partial charge in [-0.2, -0.15) is 0 Å². The van der Waals surface area contributed by atoms with Gasteiger partial charge in [0, 0.05) is 0 Å². The quantitative estimate of drug-likeness (QED) is 0.520. The summed E-state index contributed by atoms with van der Waals surface area (Å²) in [7, 11) is 0. The monoisotopic (exact) mass is 166 g/mol. The summed E-state index contributed by atoms with van der Waals surface area (Å²) in [5.41, 5.74) is 0. The number of nitrogens with zero attached hydrogens (tertiary/aromatic N) is 3. The van der Waals surface area contributed by atoms with Crippen molar-refractivity contribution in [2.45, 2.75) is 13.0 Å². The Hall–Kier alpha value is -1.10. The van der Waals surface area contributed by atoms with Gasteiger partial charge in [-0.15, -0.1) is 0 Å². The van der Waals surface area contributed by atoms with Crippen molar-refractivity contribution in [3.8, 4) is 0 Å². The second kappa shape index (κ2) is 2.20. The maximum Gasteiger partial charge on any atom is 0.162 e. The number of hydrogen-bond donors (Lipinski definition) is 1.